The van der Waals surface area contributed by atoms with E-state index < -0.39 is 0 Å². The van der Waals surface area contributed by atoms with Gasteiger partial charge in [-0.25, -0.2) is 9.97 Å². The second kappa shape index (κ2) is 12.4. The SMILES string of the molecule is C=Nc1c(/C=C\C)c2ccc(-c3cccc4c3Oc3ccccc3C(C)(C)C4(C)C)cc2c2cccc3c2=c2c1ncnc2c1ncccc1c1ccccc31. The summed E-state index contributed by atoms with van der Waals surface area (Å²) in [6.07, 6.45) is 7.65. The van der Waals surface area contributed by atoms with Gasteiger partial charge in [0.1, 0.15) is 28.9 Å². The summed E-state index contributed by atoms with van der Waals surface area (Å²) in [6.45, 7) is 15.5. The van der Waals surface area contributed by atoms with Crippen LogP contribution in [0.2, 0.25) is 0 Å². The fourth-order valence-electron chi connectivity index (χ4n) is 9.16. The second-order valence-corrected chi connectivity index (χ2v) is 15.8. The summed E-state index contributed by atoms with van der Waals surface area (Å²) >= 11 is 0. The first-order valence-corrected chi connectivity index (χ1v) is 19.2. The Morgan fingerprint density at radius 2 is 1.25 bits per heavy atom. The largest absolute Gasteiger partial charge is 0.456 e. The molecule has 0 saturated heterocycles. The normalized spacial score (nSPS) is 14.6. The average molecular weight is 725 g/mol. The lowest BCUT2D eigenvalue weighted by molar-refractivity contribution is 0.306. The summed E-state index contributed by atoms with van der Waals surface area (Å²) in [5.41, 5.74) is 7.96. The van der Waals surface area contributed by atoms with Crippen molar-refractivity contribution < 1.29 is 4.74 Å². The molecule has 0 atom stereocenters. The molecule has 0 amide bonds. The minimum Gasteiger partial charge on any atom is -0.456 e. The Morgan fingerprint density at radius 1 is 0.589 bits per heavy atom. The molecule has 5 nitrogen and oxygen atoms in total. The van der Waals surface area contributed by atoms with E-state index in [1.54, 1.807) is 6.33 Å². The molecule has 270 valence electrons. The number of pyridine rings is 1. The van der Waals surface area contributed by atoms with Crippen LogP contribution in [0.25, 0.3) is 71.5 Å². The number of ether oxygens (including phenoxy) is 1. The average Bonchev–Trinajstić information content (AvgIpc) is 3.28. The molecular formula is C51H40N4O. The molecule has 3 heterocycles. The Labute approximate surface area is 325 Å². The van der Waals surface area contributed by atoms with Crippen molar-refractivity contribution >= 4 is 72.7 Å². The first-order chi connectivity index (χ1) is 27.2. The summed E-state index contributed by atoms with van der Waals surface area (Å²) < 4.78 is 7.04. The van der Waals surface area contributed by atoms with Crippen molar-refractivity contribution in [2.45, 2.75) is 45.4 Å². The first kappa shape index (κ1) is 33.8. The predicted octanol–water partition coefficient (Wildman–Crippen LogP) is 13.3. The molecule has 56 heavy (non-hydrogen) atoms. The van der Waals surface area contributed by atoms with Crippen LogP contribution in [0, 0.1) is 10.4 Å². The van der Waals surface area contributed by atoms with Crippen molar-refractivity contribution in [1.29, 1.82) is 0 Å². The maximum atomic E-state index is 7.04. The van der Waals surface area contributed by atoms with Gasteiger partial charge in [-0.3, -0.25) is 9.98 Å². The standard InChI is InChI=1S/C51H40N4O/c1-7-15-37-34-26-25-30(31-18-13-23-41-49(31)56-42-24-11-10-22-40(42)50(2,3)51(41,4)5)28-39(34)36-20-12-19-35-32-16-8-9-17-33(32)38-21-14-27-53-46(38)48-44(43(35)36)47(45(37)52-6)54-29-55-48/h7-29H,6H2,1-5H3/b15-7-,35-32?,37-34?,38-33?,39-36?,44-43?,45-37?,47-45?,48-46?. The Bertz CT molecular complexity index is 3270. The van der Waals surface area contributed by atoms with E-state index in [2.05, 4.69) is 156 Å². The highest BCUT2D eigenvalue weighted by Crippen LogP contribution is 2.55. The number of allylic oxidation sites excluding steroid dienone is 1. The van der Waals surface area contributed by atoms with E-state index in [1.807, 2.05) is 19.2 Å². The maximum absolute atomic E-state index is 7.04. The number of hydrogen-bond acceptors (Lipinski definition) is 5. The molecule has 2 aromatic heterocycles. The molecule has 0 N–H and O–H groups in total. The molecule has 7 aromatic rings. The van der Waals surface area contributed by atoms with Gasteiger partial charge in [-0.1, -0.05) is 137 Å². The second-order valence-electron chi connectivity index (χ2n) is 15.8. The van der Waals surface area contributed by atoms with Crippen LogP contribution < -0.4 is 4.74 Å². The van der Waals surface area contributed by atoms with Gasteiger partial charge < -0.3 is 4.74 Å². The van der Waals surface area contributed by atoms with Crippen molar-refractivity contribution in [3.8, 4) is 22.6 Å². The van der Waals surface area contributed by atoms with Gasteiger partial charge in [0.05, 0.1) is 11.2 Å². The van der Waals surface area contributed by atoms with Gasteiger partial charge in [0.15, 0.2) is 0 Å². The van der Waals surface area contributed by atoms with E-state index in [9.17, 15) is 0 Å². The fraction of sp³-hybridized carbons (Fsp3) is 0.137. The van der Waals surface area contributed by atoms with Gasteiger partial charge >= 0.3 is 0 Å². The topological polar surface area (TPSA) is 60.3 Å². The summed E-state index contributed by atoms with van der Waals surface area (Å²) in [5, 5.41) is 9.46. The van der Waals surface area contributed by atoms with Crippen LogP contribution in [0.3, 0.4) is 0 Å². The molecular weight excluding hydrogens is 685 g/mol. The molecule has 0 bridgehead atoms. The highest BCUT2D eigenvalue weighted by molar-refractivity contribution is 6.17. The third-order valence-corrected chi connectivity index (χ3v) is 12.6. The number of rotatable bonds is 3. The molecule has 1 aliphatic heterocycles. The molecule has 0 radical (unpaired) electrons. The molecule has 2 aliphatic carbocycles. The summed E-state index contributed by atoms with van der Waals surface area (Å²) in [6, 6.07) is 41.2. The number of hydrogen-bond donors (Lipinski definition) is 0. The molecule has 0 spiro atoms. The zero-order chi connectivity index (χ0) is 38.3. The molecule has 5 heteroatoms. The van der Waals surface area contributed by atoms with Crippen molar-refractivity contribution in [2.24, 2.45) is 4.99 Å². The smallest absolute Gasteiger partial charge is 0.139 e. The lowest BCUT2D eigenvalue weighted by atomic mass is 9.61. The van der Waals surface area contributed by atoms with E-state index >= 15 is 0 Å². The lowest BCUT2D eigenvalue weighted by Crippen LogP contribution is -2.39. The Kier molecular flexibility index (Phi) is 7.49. The zero-order valence-electron chi connectivity index (χ0n) is 32.2. The van der Waals surface area contributed by atoms with Gasteiger partial charge in [0.2, 0.25) is 0 Å². The Balaban J connectivity index is 1.45. The third-order valence-electron chi connectivity index (χ3n) is 12.6. The number of benzene rings is 5. The maximum Gasteiger partial charge on any atom is 0.139 e. The van der Waals surface area contributed by atoms with E-state index in [0.717, 1.165) is 92.9 Å². The van der Waals surface area contributed by atoms with Gasteiger partial charge in [0.25, 0.3) is 0 Å². The summed E-state index contributed by atoms with van der Waals surface area (Å²) in [5.74, 6) is 1.78. The highest BCUT2D eigenvalue weighted by Gasteiger charge is 2.45. The number of para-hydroxylation sites is 2. The van der Waals surface area contributed by atoms with Crippen LogP contribution in [0.5, 0.6) is 11.5 Å². The van der Waals surface area contributed by atoms with Crippen LogP contribution >= 0.6 is 0 Å². The quantitative estimate of drug-likeness (QED) is 0.170. The van der Waals surface area contributed by atoms with Crippen LogP contribution in [-0.2, 0) is 10.8 Å². The molecule has 0 unspecified atom stereocenters. The zero-order valence-corrected chi connectivity index (χ0v) is 32.2. The predicted molar refractivity (Wildman–Crippen MR) is 233 cm³/mol. The lowest BCUT2D eigenvalue weighted by Gasteiger charge is -2.41. The highest BCUT2D eigenvalue weighted by atomic mass is 16.5. The van der Waals surface area contributed by atoms with Crippen LogP contribution in [0.4, 0.5) is 5.69 Å². The van der Waals surface area contributed by atoms with Crippen molar-refractivity contribution in [3.05, 3.63) is 161 Å². The number of aromatic nitrogens is 3. The molecule has 10 rings (SSSR count). The monoisotopic (exact) mass is 724 g/mol. The molecule has 3 aliphatic rings. The minimum atomic E-state index is -0.242. The molecule has 0 fully saturated rings. The number of aliphatic imine (C=N–C) groups is 1. The number of nitrogens with zero attached hydrogens (tertiary/aromatic N) is 4. The minimum absolute atomic E-state index is 0.197. The molecule has 0 saturated carbocycles. The Morgan fingerprint density at radius 3 is 2.05 bits per heavy atom. The summed E-state index contributed by atoms with van der Waals surface area (Å²) in [4.78, 5) is 19.8. The fourth-order valence-corrected chi connectivity index (χ4v) is 9.16. The third kappa shape index (κ3) is 4.67. The molecule has 5 aromatic carbocycles. The Hall–Kier alpha value is -6.72. The van der Waals surface area contributed by atoms with Crippen molar-refractivity contribution in [2.75, 3.05) is 0 Å². The van der Waals surface area contributed by atoms with Crippen LogP contribution in [-0.4, -0.2) is 21.7 Å². The van der Waals surface area contributed by atoms with E-state index in [0.29, 0.717) is 5.69 Å². The van der Waals surface area contributed by atoms with Crippen LogP contribution in [0.15, 0.2) is 139 Å². The van der Waals surface area contributed by atoms with Crippen LogP contribution in [0.1, 0.15) is 51.3 Å². The van der Waals surface area contributed by atoms with Crippen molar-refractivity contribution in [3.63, 3.8) is 0 Å². The van der Waals surface area contributed by atoms with Crippen molar-refractivity contribution in [1.82, 2.24) is 15.0 Å². The van der Waals surface area contributed by atoms with E-state index in [-0.39, 0.29) is 10.8 Å². The number of fused-ring (bicyclic) bond motifs is 9. The van der Waals surface area contributed by atoms with Gasteiger partial charge in [-0.15, -0.1) is 0 Å². The van der Waals surface area contributed by atoms with E-state index in [1.165, 1.54) is 11.1 Å². The summed E-state index contributed by atoms with van der Waals surface area (Å²) in [7, 11) is 0. The van der Waals surface area contributed by atoms with Gasteiger partial charge in [-0.05, 0) is 69.7 Å². The first-order valence-electron chi connectivity index (χ1n) is 19.2. The van der Waals surface area contributed by atoms with Gasteiger partial charge in [0, 0.05) is 55.1 Å². The van der Waals surface area contributed by atoms with Gasteiger partial charge in [-0.2, -0.15) is 0 Å². The van der Waals surface area contributed by atoms with E-state index in [4.69, 9.17) is 24.7 Å².